The summed E-state index contributed by atoms with van der Waals surface area (Å²) in [4.78, 5) is 60.7. The van der Waals surface area contributed by atoms with Gasteiger partial charge >= 0.3 is 25.5 Å². The Morgan fingerprint density at radius 1 is 0.944 bits per heavy atom. The van der Waals surface area contributed by atoms with E-state index in [-0.39, 0.29) is 0 Å². The van der Waals surface area contributed by atoms with E-state index >= 15 is 0 Å². The number of hydrogen-bond acceptors (Lipinski definition) is 5. The van der Waals surface area contributed by atoms with E-state index in [1.54, 1.807) is 0 Å². The van der Waals surface area contributed by atoms with Crippen molar-refractivity contribution in [2.75, 3.05) is 0 Å². The van der Waals surface area contributed by atoms with Crippen LogP contribution >= 0.6 is 7.60 Å². The molecule has 0 aromatic carbocycles. The van der Waals surface area contributed by atoms with Gasteiger partial charge in [-0.25, -0.2) is 0 Å². The van der Waals surface area contributed by atoms with Crippen LogP contribution in [0.4, 0.5) is 0 Å². The topological polar surface area (TPSA) is 186 Å². The van der Waals surface area contributed by atoms with E-state index < -0.39 is 49.3 Å². The molecule has 5 N–H and O–H groups in total. The highest BCUT2D eigenvalue weighted by atomic mass is 31.2. The zero-order chi connectivity index (χ0) is 14.7. The molecule has 0 aliphatic heterocycles. The van der Waals surface area contributed by atoms with Crippen molar-refractivity contribution < 1.29 is 48.8 Å². The van der Waals surface area contributed by atoms with Gasteiger partial charge in [0.05, 0.1) is 6.42 Å². The molecule has 10 nitrogen and oxygen atoms in total. The maximum absolute atomic E-state index is 11.4. The predicted molar refractivity (Wildman–Crippen MR) is 51.9 cm³/mol. The smallest absolute Gasteiger partial charge is 0.351 e. The molecule has 0 saturated heterocycles. The van der Waals surface area contributed by atoms with Gasteiger partial charge in [-0.05, 0) is 0 Å². The SMILES string of the molecule is O=C(O)CC(=O)C(CC(=O)O)(C(=O)O)P(=O)(O)O. The summed E-state index contributed by atoms with van der Waals surface area (Å²) >= 11 is 0. The van der Waals surface area contributed by atoms with Crippen molar-refractivity contribution in [2.24, 2.45) is 0 Å². The van der Waals surface area contributed by atoms with Crippen molar-refractivity contribution in [1.82, 2.24) is 0 Å². The minimum Gasteiger partial charge on any atom is -0.481 e. The molecule has 0 aliphatic rings. The van der Waals surface area contributed by atoms with E-state index in [2.05, 4.69) is 0 Å². The molecule has 1 unspecified atom stereocenters. The van der Waals surface area contributed by atoms with Crippen LogP contribution < -0.4 is 0 Å². The third-order valence-corrected chi connectivity index (χ3v) is 3.62. The van der Waals surface area contributed by atoms with Crippen molar-refractivity contribution in [1.29, 1.82) is 0 Å². The van der Waals surface area contributed by atoms with Gasteiger partial charge in [0.2, 0.25) is 5.16 Å². The normalized spacial score (nSPS) is 14.6. The van der Waals surface area contributed by atoms with Crippen LogP contribution in [0.15, 0.2) is 0 Å². The van der Waals surface area contributed by atoms with Gasteiger partial charge in [-0.2, -0.15) is 0 Å². The molecule has 0 fully saturated rings. The lowest BCUT2D eigenvalue weighted by molar-refractivity contribution is -0.152. The number of rotatable bonds is 7. The molecule has 0 heterocycles. The lowest BCUT2D eigenvalue weighted by Gasteiger charge is -2.26. The van der Waals surface area contributed by atoms with E-state index in [0.717, 1.165) is 0 Å². The molecule has 0 aromatic rings. The number of ketones is 1. The van der Waals surface area contributed by atoms with Crippen LogP contribution in [0.1, 0.15) is 12.8 Å². The molecule has 102 valence electrons. The molecule has 0 aromatic heterocycles. The number of Topliss-reactive ketones (excluding diaryl/α,β-unsaturated/α-hetero) is 1. The lowest BCUT2D eigenvalue weighted by Crippen LogP contribution is -2.48. The Bertz CT molecular complexity index is 447. The second-order valence-corrected chi connectivity index (χ2v) is 5.13. The van der Waals surface area contributed by atoms with Crippen LogP contribution in [0, 0.1) is 0 Å². The molecule has 0 aliphatic carbocycles. The predicted octanol–water partition coefficient (Wildman–Crippen LogP) is -1.49. The first-order valence-corrected chi connectivity index (χ1v) is 5.82. The molecule has 0 rings (SSSR count). The molecular weight excluding hydrogens is 275 g/mol. The van der Waals surface area contributed by atoms with Crippen molar-refractivity contribution in [3.8, 4) is 0 Å². The quantitative estimate of drug-likeness (QED) is 0.272. The monoisotopic (exact) mass is 284 g/mol. The number of carbonyl (C=O) groups is 4. The number of carboxylic acids is 3. The lowest BCUT2D eigenvalue weighted by atomic mass is 9.96. The fraction of sp³-hybridized carbons (Fsp3) is 0.429. The molecule has 0 saturated carbocycles. The molecule has 0 radical (unpaired) electrons. The molecule has 18 heavy (non-hydrogen) atoms. The van der Waals surface area contributed by atoms with Crippen molar-refractivity contribution in [3.63, 3.8) is 0 Å². The van der Waals surface area contributed by atoms with Crippen LogP contribution in [-0.2, 0) is 23.7 Å². The van der Waals surface area contributed by atoms with Gasteiger partial charge in [0.25, 0.3) is 0 Å². The Hall–Kier alpha value is -1.77. The highest BCUT2D eigenvalue weighted by Gasteiger charge is 2.61. The van der Waals surface area contributed by atoms with Crippen molar-refractivity contribution in [3.05, 3.63) is 0 Å². The van der Waals surface area contributed by atoms with Crippen LogP contribution in [0.3, 0.4) is 0 Å². The second kappa shape index (κ2) is 5.25. The molecule has 0 spiro atoms. The summed E-state index contributed by atoms with van der Waals surface area (Å²) in [6.45, 7) is 0. The first-order chi connectivity index (χ1) is 7.95. The number of aliphatic carboxylic acids is 3. The molecular formula is C7H9O10P. The van der Waals surface area contributed by atoms with Crippen LogP contribution in [0.2, 0.25) is 0 Å². The van der Waals surface area contributed by atoms with Gasteiger partial charge in [-0.3, -0.25) is 23.7 Å². The second-order valence-electron chi connectivity index (χ2n) is 3.27. The minimum absolute atomic E-state index is 1.51. The first kappa shape index (κ1) is 16.2. The van der Waals surface area contributed by atoms with E-state index in [1.165, 1.54) is 0 Å². The van der Waals surface area contributed by atoms with Gasteiger partial charge in [-0.1, -0.05) is 0 Å². The maximum Gasteiger partial charge on any atom is 0.351 e. The highest BCUT2D eigenvalue weighted by molar-refractivity contribution is 7.56. The van der Waals surface area contributed by atoms with Crippen LogP contribution in [-0.4, -0.2) is 54.0 Å². The third-order valence-electron chi connectivity index (χ3n) is 2.03. The fourth-order valence-corrected chi connectivity index (χ4v) is 2.18. The summed E-state index contributed by atoms with van der Waals surface area (Å²) in [6.07, 6.45) is -3.22. The average molecular weight is 284 g/mol. The fourth-order valence-electron chi connectivity index (χ4n) is 1.19. The summed E-state index contributed by atoms with van der Waals surface area (Å²) in [5, 5.41) is 21.9. The van der Waals surface area contributed by atoms with Gasteiger partial charge < -0.3 is 25.1 Å². The largest absolute Gasteiger partial charge is 0.481 e. The van der Waals surface area contributed by atoms with Crippen molar-refractivity contribution >= 4 is 31.3 Å². The zero-order valence-electron chi connectivity index (χ0n) is 8.64. The summed E-state index contributed by atoms with van der Waals surface area (Å²) in [7, 11) is -5.72. The van der Waals surface area contributed by atoms with Crippen LogP contribution in [0.5, 0.6) is 0 Å². The highest BCUT2D eigenvalue weighted by Crippen LogP contribution is 2.53. The minimum atomic E-state index is -5.72. The van der Waals surface area contributed by atoms with E-state index in [9.17, 15) is 23.7 Å². The number of hydrogen-bond donors (Lipinski definition) is 5. The van der Waals surface area contributed by atoms with Gasteiger partial charge in [-0.15, -0.1) is 0 Å². The third kappa shape index (κ3) is 3.13. The number of carboxylic acid groups (broad SMARTS) is 3. The molecule has 11 heteroatoms. The van der Waals surface area contributed by atoms with Gasteiger partial charge in [0.1, 0.15) is 6.42 Å². The molecule has 1 atom stereocenters. The summed E-state index contributed by atoms with van der Waals surface area (Å²) in [5.74, 6) is -8.05. The Morgan fingerprint density at radius 3 is 1.61 bits per heavy atom. The summed E-state index contributed by atoms with van der Waals surface area (Å²) < 4.78 is 11.1. The molecule has 0 amide bonds. The maximum atomic E-state index is 11.4. The summed E-state index contributed by atoms with van der Waals surface area (Å²) in [6, 6.07) is 0. The Balaban J connectivity index is 5.85. The standard InChI is InChI=1S/C7H9O10P/c8-3(1-4(9)10)7(6(13)14,2-5(11)12)18(15,16)17/h1-2H2,(H,9,10)(H,11,12)(H,13,14)(H2,15,16,17). The Morgan fingerprint density at radius 2 is 1.39 bits per heavy atom. The zero-order valence-corrected chi connectivity index (χ0v) is 9.53. The first-order valence-electron chi connectivity index (χ1n) is 4.21. The van der Waals surface area contributed by atoms with E-state index in [0.29, 0.717) is 0 Å². The number of carbonyl (C=O) groups excluding carboxylic acids is 1. The Labute approximate surface area is 99.0 Å². The summed E-state index contributed by atoms with van der Waals surface area (Å²) in [5.41, 5.74) is 0. The molecule has 0 bridgehead atoms. The van der Waals surface area contributed by atoms with Gasteiger partial charge in [0.15, 0.2) is 5.78 Å². The van der Waals surface area contributed by atoms with E-state index in [4.69, 9.17) is 25.1 Å². The Kier molecular flexibility index (Phi) is 4.74. The van der Waals surface area contributed by atoms with Crippen molar-refractivity contribution in [2.45, 2.75) is 18.0 Å². The average Bonchev–Trinajstić information content (AvgIpc) is 2.09. The van der Waals surface area contributed by atoms with Crippen LogP contribution in [0.25, 0.3) is 0 Å². The van der Waals surface area contributed by atoms with Gasteiger partial charge in [0, 0.05) is 0 Å². The van der Waals surface area contributed by atoms with E-state index in [1.807, 2.05) is 0 Å².